The SMILES string of the molecule is O=C(NC(O)O)c1ccccc1. The highest BCUT2D eigenvalue weighted by molar-refractivity contribution is 5.94. The average molecular weight is 167 g/mol. The summed E-state index contributed by atoms with van der Waals surface area (Å²) in [6.07, 6.45) is -1.81. The van der Waals surface area contributed by atoms with Gasteiger partial charge in [-0.25, -0.2) is 0 Å². The number of carbonyl (C=O) groups excluding carboxylic acids is 1. The lowest BCUT2D eigenvalue weighted by molar-refractivity contribution is -0.0583. The Morgan fingerprint density at radius 3 is 2.33 bits per heavy atom. The first-order valence-corrected chi connectivity index (χ1v) is 3.42. The molecule has 0 fully saturated rings. The lowest BCUT2D eigenvalue weighted by Gasteiger charge is -2.05. The maximum absolute atomic E-state index is 11.0. The Kier molecular flexibility index (Phi) is 2.79. The molecule has 0 aliphatic carbocycles. The van der Waals surface area contributed by atoms with Crippen LogP contribution in [0.2, 0.25) is 0 Å². The quantitative estimate of drug-likeness (QED) is 0.529. The fraction of sp³-hybridized carbons (Fsp3) is 0.125. The number of rotatable bonds is 2. The first-order chi connectivity index (χ1) is 5.70. The summed E-state index contributed by atoms with van der Waals surface area (Å²) in [6.45, 7) is 0. The van der Waals surface area contributed by atoms with E-state index in [0.717, 1.165) is 0 Å². The van der Waals surface area contributed by atoms with Gasteiger partial charge in [-0.05, 0) is 12.1 Å². The standard InChI is InChI=1S/C8H9NO3/c10-7(9-8(11)12)6-4-2-1-3-5-6/h1-5,8,11-12H,(H,9,10). The highest BCUT2D eigenvalue weighted by Crippen LogP contribution is 1.97. The fourth-order valence-electron chi connectivity index (χ4n) is 0.790. The number of hydrogen-bond donors (Lipinski definition) is 3. The largest absolute Gasteiger partial charge is 0.351 e. The Bertz CT molecular complexity index is 258. The van der Waals surface area contributed by atoms with Gasteiger partial charge in [0, 0.05) is 5.56 Å². The number of benzene rings is 1. The highest BCUT2D eigenvalue weighted by Gasteiger charge is 2.06. The number of carbonyl (C=O) groups is 1. The fourth-order valence-corrected chi connectivity index (χ4v) is 0.790. The molecule has 1 rings (SSSR count). The smallest absolute Gasteiger partial charge is 0.255 e. The van der Waals surface area contributed by atoms with E-state index in [4.69, 9.17) is 10.2 Å². The van der Waals surface area contributed by atoms with E-state index >= 15 is 0 Å². The van der Waals surface area contributed by atoms with Crippen molar-refractivity contribution in [3.05, 3.63) is 35.9 Å². The third-order valence-electron chi connectivity index (χ3n) is 1.30. The Hall–Kier alpha value is -1.39. The van der Waals surface area contributed by atoms with Gasteiger partial charge < -0.3 is 15.5 Å². The molecule has 0 aromatic heterocycles. The lowest BCUT2D eigenvalue weighted by atomic mass is 10.2. The minimum absolute atomic E-state index is 0.394. The normalized spacial score (nSPS) is 9.92. The maximum Gasteiger partial charge on any atom is 0.255 e. The van der Waals surface area contributed by atoms with Crippen LogP contribution in [0.1, 0.15) is 10.4 Å². The zero-order valence-corrected chi connectivity index (χ0v) is 6.27. The van der Waals surface area contributed by atoms with Crippen LogP contribution in [-0.4, -0.2) is 22.5 Å². The van der Waals surface area contributed by atoms with Crippen molar-refractivity contribution in [2.24, 2.45) is 0 Å². The molecule has 1 aromatic carbocycles. The molecule has 0 heterocycles. The number of nitrogens with one attached hydrogen (secondary N) is 1. The van der Waals surface area contributed by atoms with Crippen molar-refractivity contribution >= 4 is 5.91 Å². The molecule has 4 nitrogen and oxygen atoms in total. The molecule has 0 atom stereocenters. The predicted molar refractivity (Wildman–Crippen MR) is 42.1 cm³/mol. The van der Waals surface area contributed by atoms with E-state index in [-0.39, 0.29) is 0 Å². The molecule has 0 spiro atoms. The van der Waals surface area contributed by atoms with E-state index in [1.807, 2.05) is 5.32 Å². The molecule has 4 heteroatoms. The highest BCUT2D eigenvalue weighted by atomic mass is 16.5. The second-order valence-electron chi connectivity index (χ2n) is 2.21. The number of amides is 1. The van der Waals surface area contributed by atoms with Crippen LogP contribution in [-0.2, 0) is 0 Å². The Morgan fingerprint density at radius 1 is 1.25 bits per heavy atom. The summed E-state index contributed by atoms with van der Waals surface area (Å²) in [6, 6.07) is 8.32. The molecule has 0 unspecified atom stereocenters. The van der Waals surface area contributed by atoms with Gasteiger partial charge in [0.15, 0.2) is 0 Å². The molecule has 0 aliphatic heterocycles. The molecule has 1 aromatic rings. The number of hydrogen-bond acceptors (Lipinski definition) is 3. The van der Waals surface area contributed by atoms with E-state index in [0.29, 0.717) is 5.56 Å². The summed E-state index contributed by atoms with van der Waals surface area (Å²) < 4.78 is 0. The van der Waals surface area contributed by atoms with Crippen LogP contribution in [0.25, 0.3) is 0 Å². The third-order valence-corrected chi connectivity index (χ3v) is 1.30. The van der Waals surface area contributed by atoms with Crippen LogP contribution >= 0.6 is 0 Å². The van der Waals surface area contributed by atoms with Gasteiger partial charge in [0.25, 0.3) is 5.91 Å². The molecule has 0 saturated carbocycles. The summed E-state index contributed by atoms with van der Waals surface area (Å²) in [7, 11) is 0. The summed E-state index contributed by atoms with van der Waals surface area (Å²) >= 11 is 0. The van der Waals surface area contributed by atoms with E-state index in [1.54, 1.807) is 30.3 Å². The van der Waals surface area contributed by atoms with Gasteiger partial charge in [-0.2, -0.15) is 0 Å². The Morgan fingerprint density at radius 2 is 1.83 bits per heavy atom. The van der Waals surface area contributed by atoms with E-state index in [1.165, 1.54) is 0 Å². The van der Waals surface area contributed by atoms with Gasteiger partial charge >= 0.3 is 0 Å². The molecule has 12 heavy (non-hydrogen) atoms. The minimum atomic E-state index is -1.81. The third kappa shape index (κ3) is 2.34. The predicted octanol–water partition coefficient (Wildman–Crippen LogP) is -0.315. The average Bonchev–Trinajstić information content (AvgIpc) is 2.05. The van der Waals surface area contributed by atoms with Crippen molar-refractivity contribution in [3.63, 3.8) is 0 Å². The molecular weight excluding hydrogens is 158 g/mol. The van der Waals surface area contributed by atoms with E-state index in [9.17, 15) is 4.79 Å². The summed E-state index contributed by atoms with van der Waals surface area (Å²) in [5.74, 6) is -0.509. The molecule has 0 saturated heterocycles. The van der Waals surface area contributed by atoms with Crippen LogP contribution in [0.5, 0.6) is 0 Å². The summed E-state index contributed by atoms with van der Waals surface area (Å²) in [4.78, 5) is 11.0. The second-order valence-corrected chi connectivity index (χ2v) is 2.21. The van der Waals surface area contributed by atoms with Crippen LogP contribution in [0.3, 0.4) is 0 Å². The molecular formula is C8H9NO3. The van der Waals surface area contributed by atoms with Gasteiger partial charge in [0.2, 0.25) is 6.41 Å². The number of aliphatic hydroxyl groups is 2. The van der Waals surface area contributed by atoms with Gasteiger partial charge in [-0.15, -0.1) is 0 Å². The van der Waals surface area contributed by atoms with Gasteiger partial charge in [-0.3, -0.25) is 4.79 Å². The molecule has 1 amide bonds. The van der Waals surface area contributed by atoms with Crippen LogP contribution in [0, 0.1) is 0 Å². The van der Waals surface area contributed by atoms with Crippen molar-refractivity contribution in [3.8, 4) is 0 Å². The zero-order valence-electron chi connectivity index (χ0n) is 6.27. The van der Waals surface area contributed by atoms with Crippen molar-refractivity contribution in [1.82, 2.24) is 5.32 Å². The molecule has 0 aliphatic rings. The molecule has 0 bridgehead atoms. The molecule has 0 radical (unpaired) electrons. The van der Waals surface area contributed by atoms with Crippen molar-refractivity contribution in [2.45, 2.75) is 6.41 Å². The van der Waals surface area contributed by atoms with E-state index < -0.39 is 12.3 Å². The Balaban J connectivity index is 2.66. The first-order valence-electron chi connectivity index (χ1n) is 3.42. The van der Waals surface area contributed by atoms with Crippen molar-refractivity contribution in [2.75, 3.05) is 0 Å². The lowest BCUT2D eigenvalue weighted by Crippen LogP contribution is -2.34. The van der Waals surface area contributed by atoms with Gasteiger partial charge in [0.1, 0.15) is 0 Å². The Labute approximate surface area is 69.5 Å². The van der Waals surface area contributed by atoms with Crippen LogP contribution in [0.15, 0.2) is 30.3 Å². The summed E-state index contributed by atoms with van der Waals surface area (Å²) in [5, 5.41) is 18.7. The zero-order chi connectivity index (χ0) is 8.97. The van der Waals surface area contributed by atoms with Gasteiger partial charge in [-0.1, -0.05) is 18.2 Å². The second kappa shape index (κ2) is 3.85. The number of aliphatic hydroxyl groups excluding tert-OH is 1. The maximum atomic E-state index is 11.0. The van der Waals surface area contributed by atoms with Crippen molar-refractivity contribution < 1.29 is 15.0 Å². The van der Waals surface area contributed by atoms with Gasteiger partial charge in [0.05, 0.1) is 0 Å². The minimum Gasteiger partial charge on any atom is -0.351 e. The van der Waals surface area contributed by atoms with Crippen LogP contribution in [0.4, 0.5) is 0 Å². The van der Waals surface area contributed by atoms with E-state index in [2.05, 4.69) is 0 Å². The monoisotopic (exact) mass is 167 g/mol. The molecule has 3 N–H and O–H groups in total. The van der Waals surface area contributed by atoms with Crippen LogP contribution < -0.4 is 5.32 Å². The molecule has 64 valence electrons. The van der Waals surface area contributed by atoms with Crippen molar-refractivity contribution in [1.29, 1.82) is 0 Å². The first kappa shape index (κ1) is 8.70. The summed E-state index contributed by atoms with van der Waals surface area (Å²) in [5.41, 5.74) is 0.394. The topological polar surface area (TPSA) is 69.6 Å².